The average Bonchev–Trinajstić information content (AvgIpc) is 3.33. The van der Waals surface area contributed by atoms with Crippen LogP contribution in [0, 0.1) is 0 Å². The Hall–Kier alpha value is -4.88. The second kappa shape index (κ2) is 8.81. The molecular formula is C40H30O. The van der Waals surface area contributed by atoms with E-state index >= 15 is 0 Å². The third-order valence-electron chi connectivity index (χ3n) is 9.24. The van der Waals surface area contributed by atoms with E-state index < -0.39 is 5.41 Å². The van der Waals surface area contributed by atoms with E-state index in [1.54, 1.807) is 0 Å². The predicted molar refractivity (Wildman–Crippen MR) is 168 cm³/mol. The van der Waals surface area contributed by atoms with Crippen molar-refractivity contribution in [2.75, 3.05) is 0 Å². The van der Waals surface area contributed by atoms with Gasteiger partial charge in [-0.25, -0.2) is 0 Å². The smallest absolute Gasteiger partial charge is 0.139 e. The third kappa shape index (κ3) is 3.24. The fourth-order valence-electron chi connectivity index (χ4n) is 7.40. The van der Waals surface area contributed by atoms with Crippen molar-refractivity contribution in [3.8, 4) is 33.8 Å². The van der Waals surface area contributed by atoms with Crippen molar-refractivity contribution in [2.45, 2.75) is 24.7 Å². The lowest BCUT2D eigenvalue weighted by Crippen LogP contribution is -2.29. The summed E-state index contributed by atoms with van der Waals surface area (Å²) in [5.74, 6) is 1.88. The summed E-state index contributed by atoms with van der Waals surface area (Å²) in [7, 11) is 0. The molecule has 41 heavy (non-hydrogen) atoms. The van der Waals surface area contributed by atoms with E-state index in [-0.39, 0.29) is 5.41 Å². The molecule has 6 aromatic rings. The van der Waals surface area contributed by atoms with Crippen molar-refractivity contribution in [1.29, 1.82) is 0 Å². The molecule has 1 aliphatic carbocycles. The first-order chi connectivity index (χ1) is 20.1. The van der Waals surface area contributed by atoms with E-state index in [4.69, 9.17) is 4.74 Å². The fourth-order valence-corrected chi connectivity index (χ4v) is 7.40. The molecule has 1 heterocycles. The summed E-state index contributed by atoms with van der Waals surface area (Å²) in [5.41, 5.74) is 11.8. The number of hydrogen-bond donors (Lipinski definition) is 0. The van der Waals surface area contributed by atoms with E-state index in [9.17, 15) is 0 Å². The number of ether oxygens (including phenoxy) is 1. The molecule has 0 aromatic heterocycles. The molecule has 1 heteroatoms. The molecule has 1 aliphatic heterocycles. The van der Waals surface area contributed by atoms with E-state index in [2.05, 4.69) is 159 Å². The Morgan fingerprint density at radius 1 is 0.390 bits per heavy atom. The molecule has 0 N–H and O–H groups in total. The molecule has 0 spiro atoms. The van der Waals surface area contributed by atoms with Gasteiger partial charge < -0.3 is 4.74 Å². The largest absolute Gasteiger partial charge is 0.456 e. The maximum atomic E-state index is 6.79. The Morgan fingerprint density at radius 2 is 0.829 bits per heavy atom. The maximum absolute atomic E-state index is 6.79. The van der Waals surface area contributed by atoms with Crippen LogP contribution in [-0.4, -0.2) is 0 Å². The van der Waals surface area contributed by atoms with Crippen LogP contribution in [0.1, 0.15) is 47.2 Å². The van der Waals surface area contributed by atoms with Crippen LogP contribution in [0.25, 0.3) is 22.3 Å². The van der Waals surface area contributed by atoms with Crippen LogP contribution in [0.4, 0.5) is 0 Å². The average molecular weight is 527 g/mol. The van der Waals surface area contributed by atoms with Gasteiger partial charge in [-0.15, -0.1) is 0 Å². The van der Waals surface area contributed by atoms with Crippen molar-refractivity contribution in [3.05, 3.63) is 179 Å². The number of para-hydroxylation sites is 2. The van der Waals surface area contributed by atoms with Crippen molar-refractivity contribution < 1.29 is 4.74 Å². The molecule has 6 aromatic carbocycles. The molecule has 0 atom stereocenters. The SMILES string of the molecule is CC1(C)c2ccccc2Oc2c(-c3ccccc3C3(c4ccccc4)c4ccccc4-c4ccccc43)cccc21. The Labute approximate surface area is 241 Å². The van der Waals surface area contributed by atoms with Crippen LogP contribution in [-0.2, 0) is 10.8 Å². The van der Waals surface area contributed by atoms with Gasteiger partial charge in [-0.05, 0) is 45.0 Å². The molecular weight excluding hydrogens is 496 g/mol. The zero-order chi connectivity index (χ0) is 27.6. The van der Waals surface area contributed by atoms with Gasteiger partial charge in [0.05, 0.1) is 5.41 Å². The van der Waals surface area contributed by atoms with Crippen LogP contribution in [0.5, 0.6) is 11.5 Å². The second-order valence-corrected chi connectivity index (χ2v) is 11.7. The van der Waals surface area contributed by atoms with Crippen LogP contribution in [0.2, 0.25) is 0 Å². The minimum absolute atomic E-state index is 0.182. The van der Waals surface area contributed by atoms with Crippen LogP contribution in [0.3, 0.4) is 0 Å². The molecule has 0 bridgehead atoms. The highest BCUT2D eigenvalue weighted by Gasteiger charge is 2.47. The highest BCUT2D eigenvalue weighted by atomic mass is 16.5. The van der Waals surface area contributed by atoms with E-state index in [0.29, 0.717) is 0 Å². The van der Waals surface area contributed by atoms with E-state index in [1.807, 2.05) is 0 Å². The van der Waals surface area contributed by atoms with E-state index in [0.717, 1.165) is 17.1 Å². The summed E-state index contributed by atoms with van der Waals surface area (Å²) in [4.78, 5) is 0. The molecule has 0 unspecified atom stereocenters. The highest BCUT2D eigenvalue weighted by Crippen LogP contribution is 2.59. The van der Waals surface area contributed by atoms with Crippen molar-refractivity contribution in [2.24, 2.45) is 0 Å². The number of hydrogen-bond acceptors (Lipinski definition) is 1. The van der Waals surface area contributed by atoms with Crippen molar-refractivity contribution in [1.82, 2.24) is 0 Å². The van der Waals surface area contributed by atoms with Gasteiger partial charge >= 0.3 is 0 Å². The third-order valence-corrected chi connectivity index (χ3v) is 9.24. The Kier molecular flexibility index (Phi) is 5.15. The molecule has 0 amide bonds. The van der Waals surface area contributed by atoms with Gasteiger partial charge in [-0.2, -0.15) is 0 Å². The molecule has 0 radical (unpaired) electrons. The molecule has 0 fully saturated rings. The molecule has 196 valence electrons. The van der Waals surface area contributed by atoms with Gasteiger partial charge in [-0.3, -0.25) is 0 Å². The summed E-state index contributed by atoms with van der Waals surface area (Å²) in [6.07, 6.45) is 0. The maximum Gasteiger partial charge on any atom is 0.139 e. The highest BCUT2D eigenvalue weighted by molar-refractivity contribution is 5.90. The Balaban J connectivity index is 1.47. The van der Waals surface area contributed by atoms with Gasteiger partial charge in [0.2, 0.25) is 0 Å². The van der Waals surface area contributed by atoms with Crippen LogP contribution in [0.15, 0.2) is 146 Å². The number of rotatable bonds is 3. The minimum Gasteiger partial charge on any atom is -0.456 e. The first kappa shape index (κ1) is 24.0. The quantitative estimate of drug-likeness (QED) is 0.223. The first-order valence-electron chi connectivity index (χ1n) is 14.4. The summed E-state index contributed by atoms with van der Waals surface area (Å²) in [6.45, 7) is 4.61. The molecule has 8 rings (SSSR count). The summed E-state index contributed by atoms with van der Waals surface area (Å²) < 4.78 is 6.79. The number of benzene rings is 6. The molecule has 0 saturated carbocycles. The summed E-state index contributed by atoms with van der Waals surface area (Å²) in [5, 5.41) is 0. The standard InChI is InChI=1S/C40H30O/c1-39(2)35-24-12-13-26-37(35)41-38-31(20-14-25-36(38)39)30-19-8-11-23-34(30)40(27-15-4-3-5-16-27)32-21-9-6-17-28(32)29-18-7-10-22-33(29)40/h3-26H,1-2H3. The van der Waals surface area contributed by atoms with Gasteiger partial charge in [-0.1, -0.05) is 153 Å². The summed E-state index contributed by atoms with van der Waals surface area (Å²) in [6, 6.07) is 52.9. The Morgan fingerprint density at radius 3 is 1.44 bits per heavy atom. The van der Waals surface area contributed by atoms with E-state index in [1.165, 1.54) is 50.1 Å². The van der Waals surface area contributed by atoms with Crippen LogP contribution >= 0.6 is 0 Å². The van der Waals surface area contributed by atoms with Crippen molar-refractivity contribution in [3.63, 3.8) is 0 Å². The lowest BCUT2D eigenvalue weighted by atomic mass is 9.65. The zero-order valence-corrected chi connectivity index (χ0v) is 23.3. The lowest BCUT2D eigenvalue weighted by molar-refractivity contribution is 0.419. The molecule has 1 nitrogen and oxygen atoms in total. The van der Waals surface area contributed by atoms with Gasteiger partial charge in [0.25, 0.3) is 0 Å². The fraction of sp³-hybridized carbons (Fsp3) is 0.100. The van der Waals surface area contributed by atoms with Gasteiger partial charge in [0.15, 0.2) is 0 Å². The zero-order valence-electron chi connectivity index (χ0n) is 23.3. The topological polar surface area (TPSA) is 9.23 Å². The lowest BCUT2D eigenvalue weighted by Gasteiger charge is -2.37. The number of fused-ring (bicyclic) bond motifs is 5. The summed E-state index contributed by atoms with van der Waals surface area (Å²) >= 11 is 0. The van der Waals surface area contributed by atoms with Crippen molar-refractivity contribution >= 4 is 0 Å². The molecule has 2 aliphatic rings. The second-order valence-electron chi connectivity index (χ2n) is 11.7. The Bertz CT molecular complexity index is 1900. The monoisotopic (exact) mass is 526 g/mol. The van der Waals surface area contributed by atoms with Gasteiger partial charge in [0.1, 0.15) is 11.5 Å². The molecule has 0 saturated heterocycles. The van der Waals surface area contributed by atoms with Gasteiger partial charge in [0, 0.05) is 22.1 Å². The predicted octanol–water partition coefficient (Wildman–Crippen LogP) is 10.1. The normalized spacial score (nSPS) is 15.2. The first-order valence-corrected chi connectivity index (χ1v) is 14.4. The minimum atomic E-state index is -0.476. The van der Waals surface area contributed by atoms with Crippen LogP contribution < -0.4 is 4.74 Å².